The van der Waals surface area contributed by atoms with Crippen molar-refractivity contribution in [2.75, 3.05) is 34.3 Å². The summed E-state index contributed by atoms with van der Waals surface area (Å²) in [5.74, 6) is -3.50. The van der Waals surface area contributed by atoms with Gasteiger partial charge in [-0.25, -0.2) is 0 Å². The van der Waals surface area contributed by atoms with Gasteiger partial charge in [-0.05, 0) is 101 Å². The Hall–Kier alpha value is -1.01. The molecule has 0 radical (unpaired) electrons. The third-order valence-corrected chi connectivity index (χ3v) is 12.4. The Balaban J connectivity index is 2.26. The van der Waals surface area contributed by atoms with Crippen LogP contribution < -0.4 is 0 Å². The SMILES string of the molecule is [2H]C(CN1C[C@H](C)[C@@H](O)[C@](C)(O)[C@@H](CC)OC(=O)[C@H](C)[C@@H](O[C@H]2C[C@@](C)(OC)[C@@H](O)[C@H](C)O2)[C@H](C)[C@@H](O[C@@H]2O[C@H](C)C[C@H](N(C)C)[C@H]2O)[C@](C)(O)C[C@H]1C)C([2H])([2H])[2H]. The molecule has 0 aliphatic carbocycles. The van der Waals surface area contributed by atoms with E-state index in [-0.39, 0.29) is 44.5 Å². The fourth-order valence-electron chi connectivity index (χ4n) is 8.90. The zero-order valence-corrected chi connectivity index (χ0v) is 35.0. The summed E-state index contributed by atoms with van der Waals surface area (Å²) in [7, 11) is 5.15. The van der Waals surface area contributed by atoms with E-state index < -0.39 is 115 Å². The maximum atomic E-state index is 14.3. The summed E-state index contributed by atoms with van der Waals surface area (Å²) in [6.45, 7) is 13.8. The minimum absolute atomic E-state index is 0.0153. The van der Waals surface area contributed by atoms with Crippen molar-refractivity contribution >= 4 is 5.97 Å². The van der Waals surface area contributed by atoms with E-state index in [1.54, 1.807) is 60.3 Å². The zero-order valence-electron chi connectivity index (χ0n) is 39.0. The van der Waals surface area contributed by atoms with Gasteiger partial charge in [0.05, 0.1) is 47.6 Å². The smallest absolute Gasteiger partial charge is 0.311 e. The molecule has 0 spiro atoms. The summed E-state index contributed by atoms with van der Waals surface area (Å²) >= 11 is 0. The number of aliphatic hydroxyl groups is 5. The highest BCUT2D eigenvalue weighted by Gasteiger charge is 2.52. The predicted octanol–water partition coefficient (Wildman–Crippen LogP) is 2.68. The molecule has 3 rings (SSSR count). The first-order valence-electron chi connectivity index (χ1n) is 21.8. The van der Waals surface area contributed by atoms with Crippen LogP contribution in [0, 0.1) is 17.8 Å². The first-order chi connectivity index (χ1) is 26.5. The minimum atomic E-state index is -2.63. The first-order valence-corrected chi connectivity index (χ1v) is 19.7. The standard InChI is InChI=1S/C40H76N2O12/c1-15-17-42-21-22(3)33(44)40(11,48)29(16-2)52-36(46)26(7)32(53-30-20-39(10,49-14)34(45)27(8)51-30)25(6)35(38(9,47)19-23(42)4)54-37-31(43)28(41(12)13)18-24(5)50-37/h22-35,37,43-45,47-48H,15-21H2,1-14H3/t22-,23+,24+,25-,26+,27-,28-,29+,30-,31+,32-,33+,34-,35+,37-,38+,39+,40+/m0/s1/i1D3,15D/t15?,22-,23+,24+,25-,26+,27-,28-,29+,30-,31+,32-,33+,34-,35+,37-,38+,39+,40+. The molecule has 0 bridgehead atoms. The van der Waals surface area contributed by atoms with Crippen LogP contribution in [-0.4, -0.2) is 166 Å². The van der Waals surface area contributed by atoms with Gasteiger partial charge in [0.25, 0.3) is 0 Å². The summed E-state index contributed by atoms with van der Waals surface area (Å²) in [5.41, 5.74) is -4.86. The number of hydrogen-bond acceptors (Lipinski definition) is 14. The molecule has 14 heteroatoms. The molecule has 14 nitrogen and oxygen atoms in total. The van der Waals surface area contributed by atoms with Crippen LogP contribution in [0.3, 0.4) is 0 Å². The highest BCUT2D eigenvalue weighted by Crippen LogP contribution is 2.40. The molecule has 3 fully saturated rings. The Labute approximate surface area is 330 Å². The lowest BCUT2D eigenvalue weighted by Crippen LogP contribution is -2.61. The van der Waals surface area contributed by atoms with Crippen molar-refractivity contribution in [3.8, 4) is 0 Å². The number of cyclic esters (lactones) is 1. The number of aliphatic hydroxyl groups excluding tert-OH is 3. The lowest BCUT2D eigenvalue weighted by Gasteiger charge is -2.49. The Morgan fingerprint density at radius 3 is 2.22 bits per heavy atom. The van der Waals surface area contributed by atoms with Crippen molar-refractivity contribution in [1.82, 2.24) is 9.80 Å². The normalized spacial score (nSPS) is 50.1. The van der Waals surface area contributed by atoms with E-state index in [1.165, 1.54) is 14.0 Å². The van der Waals surface area contributed by atoms with Gasteiger partial charge < -0.3 is 63.8 Å². The van der Waals surface area contributed by atoms with Crippen molar-refractivity contribution in [2.24, 2.45) is 17.8 Å². The molecule has 54 heavy (non-hydrogen) atoms. The van der Waals surface area contributed by atoms with Crippen LogP contribution in [0.25, 0.3) is 0 Å². The van der Waals surface area contributed by atoms with Crippen molar-refractivity contribution < 1.29 is 64.2 Å². The summed E-state index contributed by atoms with van der Waals surface area (Å²) in [6, 6.07) is -0.996. The van der Waals surface area contributed by atoms with Crippen molar-refractivity contribution in [3.05, 3.63) is 0 Å². The first kappa shape index (κ1) is 41.2. The summed E-state index contributed by atoms with van der Waals surface area (Å²) in [5, 5.41) is 58.9. The maximum absolute atomic E-state index is 14.3. The van der Waals surface area contributed by atoms with Gasteiger partial charge in [-0.2, -0.15) is 0 Å². The number of likely N-dealkylation sites (N-methyl/N-ethyl adjacent to an activating group) is 1. The highest BCUT2D eigenvalue weighted by molar-refractivity contribution is 5.73. The van der Waals surface area contributed by atoms with E-state index in [4.69, 9.17) is 33.9 Å². The summed E-state index contributed by atoms with van der Waals surface area (Å²) < 4.78 is 70.0. The van der Waals surface area contributed by atoms with Crippen LogP contribution in [0.1, 0.15) is 114 Å². The number of nitrogens with zero attached hydrogens (tertiary/aromatic N) is 2. The fraction of sp³-hybridized carbons (Fsp3) is 0.975. The third-order valence-electron chi connectivity index (χ3n) is 12.4. The summed E-state index contributed by atoms with van der Waals surface area (Å²) in [6.07, 6.45) is -11.4. The van der Waals surface area contributed by atoms with Crippen LogP contribution in [0.15, 0.2) is 0 Å². The molecule has 0 saturated carbocycles. The van der Waals surface area contributed by atoms with Gasteiger partial charge in [0.1, 0.15) is 23.9 Å². The van der Waals surface area contributed by atoms with E-state index in [2.05, 4.69) is 0 Å². The van der Waals surface area contributed by atoms with Crippen molar-refractivity contribution in [2.45, 2.75) is 198 Å². The van der Waals surface area contributed by atoms with Crippen molar-refractivity contribution in [1.29, 1.82) is 0 Å². The van der Waals surface area contributed by atoms with Crippen LogP contribution in [-0.2, 0) is 33.2 Å². The fourth-order valence-corrected chi connectivity index (χ4v) is 8.90. The van der Waals surface area contributed by atoms with Gasteiger partial charge >= 0.3 is 5.97 Å². The lowest BCUT2D eigenvalue weighted by molar-refractivity contribution is -0.318. The van der Waals surface area contributed by atoms with Gasteiger partial charge in [0, 0.05) is 43.6 Å². The minimum Gasteiger partial charge on any atom is -0.459 e. The van der Waals surface area contributed by atoms with E-state index in [9.17, 15) is 30.3 Å². The molecule has 3 heterocycles. The molecule has 318 valence electrons. The van der Waals surface area contributed by atoms with Gasteiger partial charge in [-0.15, -0.1) is 0 Å². The highest BCUT2D eigenvalue weighted by atomic mass is 16.7. The van der Waals surface area contributed by atoms with Crippen LogP contribution in [0.2, 0.25) is 0 Å². The number of rotatable bonds is 9. The number of ether oxygens (including phenoxy) is 6. The molecule has 0 aromatic rings. The Morgan fingerprint density at radius 2 is 1.65 bits per heavy atom. The molecular formula is C40H76N2O12. The zero-order chi connectivity index (χ0) is 44.5. The number of hydrogen-bond donors (Lipinski definition) is 5. The molecule has 5 N–H and O–H groups in total. The van der Waals surface area contributed by atoms with E-state index in [0.717, 1.165) is 0 Å². The number of esters is 1. The second-order valence-electron chi connectivity index (χ2n) is 17.4. The summed E-state index contributed by atoms with van der Waals surface area (Å²) in [4.78, 5) is 17.9. The topological polar surface area (TPSA) is 180 Å². The molecule has 19 atom stereocenters. The molecule has 0 amide bonds. The number of carbonyl (C=O) groups is 1. The maximum Gasteiger partial charge on any atom is 0.311 e. The Morgan fingerprint density at radius 1 is 1.00 bits per heavy atom. The largest absolute Gasteiger partial charge is 0.459 e. The molecule has 0 aromatic carbocycles. The van der Waals surface area contributed by atoms with Gasteiger partial charge in [-0.3, -0.25) is 4.79 Å². The van der Waals surface area contributed by atoms with Crippen molar-refractivity contribution in [3.63, 3.8) is 0 Å². The van der Waals surface area contributed by atoms with Crippen LogP contribution in [0.5, 0.6) is 0 Å². The van der Waals surface area contributed by atoms with Gasteiger partial charge in [0.15, 0.2) is 12.6 Å². The van der Waals surface area contributed by atoms with E-state index in [0.29, 0.717) is 6.42 Å². The number of methoxy groups -OCH3 is 1. The quantitative estimate of drug-likeness (QED) is 0.216. The van der Waals surface area contributed by atoms with Gasteiger partial charge in [0.2, 0.25) is 0 Å². The molecule has 3 aliphatic rings. The second-order valence-corrected chi connectivity index (χ2v) is 17.4. The second kappa shape index (κ2) is 19.2. The van der Waals surface area contributed by atoms with Crippen LogP contribution >= 0.6 is 0 Å². The average molecular weight is 781 g/mol. The van der Waals surface area contributed by atoms with E-state index in [1.807, 2.05) is 25.9 Å². The molecule has 0 aromatic heterocycles. The van der Waals surface area contributed by atoms with E-state index >= 15 is 0 Å². The molecule has 3 saturated heterocycles. The Kier molecular flexibility index (Phi) is 14.6. The van der Waals surface area contributed by atoms with Crippen LogP contribution in [0.4, 0.5) is 0 Å². The molecule has 3 aliphatic heterocycles. The predicted molar refractivity (Wildman–Crippen MR) is 203 cm³/mol. The Bertz CT molecular complexity index is 1310. The lowest BCUT2D eigenvalue weighted by atomic mass is 9.78. The number of carbonyl (C=O) groups excluding carboxylic acids is 1. The molecule has 1 unspecified atom stereocenters. The third kappa shape index (κ3) is 10.7. The average Bonchev–Trinajstić information content (AvgIpc) is 3.12. The molecular weight excluding hydrogens is 700 g/mol. The monoisotopic (exact) mass is 781 g/mol. The van der Waals surface area contributed by atoms with Gasteiger partial charge in [-0.1, -0.05) is 27.6 Å².